The number of benzene rings is 2. The zero-order valence-corrected chi connectivity index (χ0v) is 16.6. The van der Waals surface area contributed by atoms with Gasteiger partial charge in [0.15, 0.2) is 0 Å². The summed E-state index contributed by atoms with van der Waals surface area (Å²) < 4.78 is 30.5. The van der Waals surface area contributed by atoms with Crippen molar-refractivity contribution in [1.82, 2.24) is 0 Å². The topological polar surface area (TPSA) is 6.48 Å². The summed E-state index contributed by atoms with van der Waals surface area (Å²) in [6.07, 6.45) is 0. The van der Waals surface area contributed by atoms with E-state index in [1.165, 1.54) is 0 Å². The van der Waals surface area contributed by atoms with Crippen molar-refractivity contribution in [3.8, 4) is 0 Å². The quantitative estimate of drug-likeness (QED) is 0.552. The molecule has 6 heteroatoms. The SMILES string of the molecule is Fc1ccc(N2C[Te]CN(c3ccc(F)cc3)C[Te]C2)cc1. The van der Waals surface area contributed by atoms with Gasteiger partial charge in [-0.15, -0.1) is 0 Å². The number of rotatable bonds is 2. The van der Waals surface area contributed by atoms with E-state index in [0.29, 0.717) is 0 Å². The molecule has 2 aromatic carbocycles. The van der Waals surface area contributed by atoms with Crippen LogP contribution in [-0.4, -0.2) is 60.2 Å². The van der Waals surface area contributed by atoms with Crippen LogP contribution < -0.4 is 9.80 Å². The van der Waals surface area contributed by atoms with Gasteiger partial charge in [-0.3, -0.25) is 0 Å². The molecule has 0 unspecified atom stereocenters. The van der Waals surface area contributed by atoms with Crippen molar-refractivity contribution >= 4 is 53.2 Å². The van der Waals surface area contributed by atoms with Crippen LogP contribution in [-0.2, 0) is 0 Å². The molecular formula is C16H16F2N2Te2. The molecule has 2 aromatic rings. The van der Waals surface area contributed by atoms with E-state index in [4.69, 9.17) is 0 Å². The monoisotopic (exact) mass is 534 g/mol. The van der Waals surface area contributed by atoms with Crippen molar-refractivity contribution in [3.63, 3.8) is 0 Å². The summed E-state index contributed by atoms with van der Waals surface area (Å²) in [5.41, 5.74) is 2.29. The zero-order valence-electron chi connectivity index (χ0n) is 11.9. The molecular weight excluding hydrogens is 513 g/mol. The van der Waals surface area contributed by atoms with E-state index in [0.717, 1.165) is 29.7 Å². The van der Waals surface area contributed by atoms with Gasteiger partial charge in [0.1, 0.15) is 0 Å². The second-order valence-corrected chi connectivity index (χ2v) is 10.2. The fraction of sp³-hybridized carbons (Fsp3) is 0.250. The molecule has 1 saturated heterocycles. The third-order valence-corrected chi connectivity index (χ3v) is 9.01. The van der Waals surface area contributed by atoms with E-state index in [2.05, 4.69) is 9.80 Å². The van der Waals surface area contributed by atoms with Crippen LogP contribution in [0, 0.1) is 11.6 Å². The molecule has 0 spiro atoms. The maximum atomic E-state index is 13.0. The van der Waals surface area contributed by atoms with Gasteiger partial charge >= 0.3 is 150 Å². The molecule has 0 saturated carbocycles. The summed E-state index contributed by atoms with van der Waals surface area (Å²) in [7, 11) is 0. The Morgan fingerprint density at radius 3 is 1.23 bits per heavy atom. The molecule has 116 valence electrons. The average Bonchev–Trinajstić information content (AvgIpc) is 2.50. The minimum absolute atomic E-state index is 0.175. The molecule has 1 fully saturated rings. The van der Waals surface area contributed by atoms with E-state index < -0.39 is 0 Å². The molecule has 3 rings (SSSR count). The summed E-state index contributed by atoms with van der Waals surface area (Å²) >= 11 is -0.363. The standard InChI is InChI=1S/C16H16F2N2Te2/c17-13-1-5-15(6-2-13)19-9-21-11-20(12-22-10-19)16-7-3-14(18)4-8-16/h1-8H,9-12H2. The average molecular weight is 530 g/mol. The maximum absolute atomic E-state index is 13.0. The molecule has 0 aliphatic carbocycles. The first kappa shape index (κ1) is 16.3. The first-order chi connectivity index (χ1) is 10.7. The first-order valence-corrected chi connectivity index (χ1v) is 13.5. The van der Waals surface area contributed by atoms with Gasteiger partial charge in [-0.05, 0) is 0 Å². The molecule has 0 bridgehead atoms. The number of hydrogen-bond donors (Lipinski definition) is 0. The van der Waals surface area contributed by atoms with Gasteiger partial charge in [0.05, 0.1) is 0 Å². The molecule has 0 atom stereocenters. The minimum atomic E-state index is -0.181. The Morgan fingerprint density at radius 1 is 0.591 bits per heavy atom. The Bertz CT molecular complexity index is 541. The second-order valence-electron chi connectivity index (χ2n) is 4.96. The van der Waals surface area contributed by atoms with Crippen LogP contribution in [0.4, 0.5) is 20.2 Å². The van der Waals surface area contributed by atoms with Crippen LogP contribution in [0.25, 0.3) is 0 Å². The van der Waals surface area contributed by atoms with Gasteiger partial charge < -0.3 is 0 Å². The third-order valence-electron chi connectivity index (χ3n) is 3.37. The van der Waals surface area contributed by atoms with Crippen molar-refractivity contribution < 1.29 is 8.78 Å². The number of halogens is 2. The fourth-order valence-corrected chi connectivity index (χ4v) is 10.2. The Hall–Kier alpha value is -0.521. The van der Waals surface area contributed by atoms with Gasteiger partial charge in [-0.1, -0.05) is 0 Å². The Labute approximate surface area is 149 Å². The number of anilines is 2. The zero-order chi connectivity index (χ0) is 15.4. The van der Waals surface area contributed by atoms with Crippen molar-refractivity contribution in [2.75, 3.05) is 28.2 Å². The van der Waals surface area contributed by atoms with E-state index in [1.54, 1.807) is 24.3 Å². The first-order valence-electron chi connectivity index (χ1n) is 6.89. The molecule has 1 heterocycles. The molecule has 2 nitrogen and oxygen atoms in total. The van der Waals surface area contributed by atoms with Gasteiger partial charge in [-0.25, -0.2) is 0 Å². The van der Waals surface area contributed by atoms with Gasteiger partial charge in [-0.2, -0.15) is 0 Å². The van der Waals surface area contributed by atoms with E-state index >= 15 is 0 Å². The van der Waals surface area contributed by atoms with Crippen LogP contribution in [0.5, 0.6) is 0 Å². The normalized spacial score (nSPS) is 16.3. The third kappa shape index (κ3) is 4.27. The Morgan fingerprint density at radius 2 is 0.909 bits per heavy atom. The number of hydrogen-bond acceptors (Lipinski definition) is 2. The van der Waals surface area contributed by atoms with Gasteiger partial charge in [0, 0.05) is 0 Å². The Balaban J connectivity index is 1.62. The van der Waals surface area contributed by atoms with Crippen molar-refractivity contribution in [3.05, 3.63) is 60.2 Å². The van der Waals surface area contributed by atoms with Crippen LogP contribution in [0.3, 0.4) is 0 Å². The predicted octanol–water partition coefficient (Wildman–Crippen LogP) is 2.53. The summed E-state index contributed by atoms with van der Waals surface area (Å²) in [5.74, 6) is -0.350. The van der Waals surface area contributed by atoms with Crippen molar-refractivity contribution in [2.24, 2.45) is 0 Å². The van der Waals surface area contributed by atoms with E-state index in [-0.39, 0.29) is 53.5 Å². The second kappa shape index (κ2) is 7.84. The Kier molecular flexibility index (Phi) is 5.82. The fourth-order valence-electron chi connectivity index (χ4n) is 2.20. The molecule has 0 N–H and O–H groups in total. The molecule has 22 heavy (non-hydrogen) atoms. The number of nitrogens with zero attached hydrogens (tertiary/aromatic N) is 2. The summed E-state index contributed by atoms with van der Waals surface area (Å²) in [6.45, 7) is 0. The summed E-state index contributed by atoms with van der Waals surface area (Å²) in [6, 6.07) is 13.7. The van der Waals surface area contributed by atoms with Crippen molar-refractivity contribution in [2.45, 2.75) is 0 Å². The van der Waals surface area contributed by atoms with Crippen LogP contribution >= 0.6 is 0 Å². The molecule has 1 aliphatic rings. The van der Waals surface area contributed by atoms with Crippen molar-refractivity contribution in [1.29, 1.82) is 0 Å². The van der Waals surface area contributed by atoms with Crippen LogP contribution in [0.1, 0.15) is 0 Å². The molecule has 1 aliphatic heterocycles. The van der Waals surface area contributed by atoms with E-state index in [9.17, 15) is 8.78 Å². The summed E-state index contributed by atoms with van der Waals surface area (Å²) in [5, 5.41) is 0. The van der Waals surface area contributed by atoms with E-state index in [1.807, 2.05) is 24.3 Å². The summed E-state index contributed by atoms with van der Waals surface area (Å²) in [4.78, 5) is 4.85. The van der Waals surface area contributed by atoms with Gasteiger partial charge in [0.2, 0.25) is 0 Å². The van der Waals surface area contributed by atoms with Crippen LogP contribution in [0.15, 0.2) is 48.5 Å². The van der Waals surface area contributed by atoms with Gasteiger partial charge in [0.25, 0.3) is 0 Å². The predicted molar refractivity (Wildman–Crippen MR) is 88.7 cm³/mol. The molecule has 0 aromatic heterocycles. The molecule has 0 radical (unpaired) electrons. The van der Waals surface area contributed by atoms with Crippen LogP contribution in [0.2, 0.25) is 0 Å². The molecule has 0 amide bonds.